The second kappa shape index (κ2) is 6.64. The molecule has 0 saturated heterocycles. The molecular weight excluding hydrogens is 328 g/mol. The number of imidazole rings is 1. The zero-order valence-corrected chi connectivity index (χ0v) is 14.9. The van der Waals surface area contributed by atoms with Gasteiger partial charge in [0.05, 0.1) is 49.8 Å². The van der Waals surface area contributed by atoms with Gasteiger partial charge in [0.1, 0.15) is 22.5 Å². The molecule has 3 rings (SSSR count). The van der Waals surface area contributed by atoms with Gasteiger partial charge in [-0.25, -0.2) is 13.5 Å². The van der Waals surface area contributed by atoms with E-state index >= 15 is 0 Å². The summed E-state index contributed by atoms with van der Waals surface area (Å²) in [7, 11) is 1.84. The molecule has 2 unspecified atom stereocenters. The third-order valence-electron chi connectivity index (χ3n) is 4.15. The van der Waals surface area contributed by atoms with Crippen LogP contribution in [0.15, 0.2) is 30.5 Å². The van der Waals surface area contributed by atoms with Crippen molar-refractivity contribution < 1.29 is 13.7 Å². The number of ether oxygens (including phenoxy) is 2. The molecule has 0 radical (unpaired) electrons. The van der Waals surface area contributed by atoms with Crippen LogP contribution in [0.2, 0.25) is 0 Å². The van der Waals surface area contributed by atoms with E-state index in [9.17, 15) is 4.21 Å². The van der Waals surface area contributed by atoms with Gasteiger partial charge in [-0.15, -0.1) is 0 Å². The number of nitrogens with one attached hydrogen (secondary N) is 1. The highest BCUT2D eigenvalue weighted by molar-refractivity contribution is 7.85. The molecule has 2 aromatic heterocycles. The predicted octanol–water partition coefficient (Wildman–Crippen LogP) is 2.40. The molecule has 1 N–H and O–H groups in total. The number of pyridine rings is 1. The van der Waals surface area contributed by atoms with Crippen LogP contribution in [0.1, 0.15) is 29.8 Å². The lowest BCUT2D eigenvalue weighted by atomic mass is 10.0. The fraction of sp³-hybridized carbons (Fsp3) is 0.375. The Morgan fingerprint density at radius 1 is 1.33 bits per heavy atom. The number of nitrogens with zero attached hydrogens (tertiary/aromatic N) is 3. The van der Waals surface area contributed by atoms with Crippen molar-refractivity contribution in [2.75, 3.05) is 18.5 Å². The first-order valence-electron chi connectivity index (χ1n) is 7.52. The monoisotopic (exact) mass is 348 g/mol. The van der Waals surface area contributed by atoms with Crippen molar-refractivity contribution in [3.8, 4) is 5.75 Å². The molecular formula is C16H20N4O3S. The second-order valence-corrected chi connectivity index (χ2v) is 6.80. The molecule has 2 aromatic rings. The molecule has 0 amide bonds. The lowest BCUT2D eigenvalue weighted by Crippen LogP contribution is -2.28. The van der Waals surface area contributed by atoms with Crippen LogP contribution in [0.3, 0.4) is 0 Å². The predicted molar refractivity (Wildman–Crippen MR) is 91.9 cm³/mol. The molecule has 0 aliphatic carbocycles. The number of aromatic amines is 1. The van der Waals surface area contributed by atoms with Gasteiger partial charge in [-0.05, 0) is 19.9 Å². The van der Waals surface area contributed by atoms with Crippen molar-refractivity contribution in [2.45, 2.75) is 25.5 Å². The lowest BCUT2D eigenvalue weighted by molar-refractivity contribution is 0.264. The first-order valence-corrected chi connectivity index (χ1v) is 8.79. The Morgan fingerprint density at radius 3 is 2.83 bits per heavy atom. The van der Waals surface area contributed by atoms with Gasteiger partial charge < -0.3 is 14.5 Å². The van der Waals surface area contributed by atoms with Gasteiger partial charge in [0.2, 0.25) is 0 Å². The molecule has 0 fully saturated rings. The molecule has 0 aromatic carbocycles. The highest BCUT2D eigenvalue weighted by Crippen LogP contribution is 2.36. The van der Waals surface area contributed by atoms with E-state index in [0.29, 0.717) is 5.82 Å². The first kappa shape index (κ1) is 16.5. The Balaban J connectivity index is 1.91. The molecule has 8 heteroatoms. The largest absolute Gasteiger partial charge is 0.499 e. The van der Waals surface area contributed by atoms with Gasteiger partial charge in [-0.1, -0.05) is 0 Å². The van der Waals surface area contributed by atoms with Crippen molar-refractivity contribution in [3.05, 3.63) is 47.5 Å². The first-order chi connectivity index (χ1) is 11.6. The average molecular weight is 348 g/mol. The van der Waals surface area contributed by atoms with Crippen LogP contribution in [0.4, 0.5) is 5.82 Å². The highest BCUT2D eigenvalue weighted by atomic mass is 32.2. The summed E-state index contributed by atoms with van der Waals surface area (Å²) in [5.41, 5.74) is 2.51. The third-order valence-corrected chi connectivity index (χ3v) is 5.39. The molecule has 3 heterocycles. The molecule has 0 spiro atoms. The Bertz CT molecular complexity index is 802. The van der Waals surface area contributed by atoms with Crippen molar-refractivity contribution in [1.29, 1.82) is 0 Å². The zero-order chi connectivity index (χ0) is 17.3. The van der Waals surface area contributed by atoms with Gasteiger partial charge in [0.25, 0.3) is 0 Å². The van der Waals surface area contributed by atoms with E-state index in [2.05, 4.69) is 15.0 Å². The fourth-order valence-corrected chi connectivity index (χ4v) is 3.94. The smallest absolute Gasteiger partial charge is 0.166 e. The lowest BCUT2D eigenvalue weighted by Gasteiger charge is -2.27. The molecule has 1 aliphatic heterocycles. The molecule has 0 bridgehead atoms. The summed E-state index contributed by atoms with van der Waals surface area (Å²) in [5, 5.41) is 0. The highest BCUT2D eigenvalue weighted by Gasteiger charge is 2.30. The van der Waals surface area contributed by atoms with E-state index in [1.807, 2.05) is 13.8 Å². The third kappa shape index (κ3) is 2.77. The summed E-state index contributed by atoms with van der Waals surface area (Å²) >= 11 is 0. The maximum absolute atomic E-state index is 13.0. The van der Waals surface area contributed by atoms with Gasteiger partial charge in [-0.2, -0.15) is 0 Å². The van der Waals surface area contributed by atoms with E-state index < -0.39 is 11.0 Å². The summed E-state index contributed by atoms with van der Waals surface area (Å²) in [6, 6.07) is 1.79. The number of anilines is 1. The number of fused-ring (bicyclic) bond motifs is 1. The Labute approximate surface area is 143 Å². The molecule has 24 heavy (non-hydrogen) atoms. The standard InChI is InChI=1S/C16H20N4O3S/c1-10-12(17-6-5-13(10)22-3)8-24(21)20-7-14(23-4)11(2)15-16(20)19-9-18-15/h5-7,9,11H,8H2,1-4H3,(H,18,19). The van der Waals surface area contributed by atoms with E-state index in [1.54, 1.807) is 43.3 Å². The number of methoxy groups -OCH3 is 2. The zero-order valence-electron chi connectivity index (χ0n) is 14.1. The SMILES string of the molecule is COC1=CN(S(=O)Cc2nccc(OC)c2C)c2nc[nH]c2C1C. The number of H-pyrrole nitrogens is 1. The molecule has 7 nitrogen and oxygen atoms in total. The Morgan fingerprint density at radius 2 is 2.12 bits per heavy atom. The summed E-state index contributed by atoms with van der Waals surface area (Å²) in [6.07, 6.45) is 5.01. The minimum atomic E-state index is -1.38. The van der Waals surface area contributed by atoms with Crippen LogP contribution in [0.5, 0.6) is 5.75 Å². The fourth-order valence-electron chi connectivity index (χ4n) is 2.72. The Kier molecular flexibility index (Phi) is 4.57. The number of aromatic nitrogens is 3. The van der Waals surface area contributed by atoms with Crippen LogP contribution in [-0.2, 0) is 21.5 Å². The van der Waals surface area contributed by atoms with E-state index in [-0.39, 0.29) is 11.7 Å². The number of hydrogen-bond donors (Lipinski definition) is 1. The molecule has 1 aliphatic rings. The number of rotatable bonds is 5. The maximum Gasteiger partial charge on any atom is 0.166 e. The van der Waals surface area contributed by atoms with Gasteiger partial charge in [0, 0.05) is 11.8 Å². The van der Waals surface area contributed by atoms with Crippen LogP contribution in [0.25, 0.3) is 0 Å². The minimum absolute atomic E-state index is 0.0393. The van der Waals surface area contributed by atoms with E-state index in [4.69, 9.17) is 9.47 Å². The summed E-state index contributed by atoms with van der Waals surface area (Å²) in [4.78, 5) is 11.8. The maximum atomic E-state index is 13.0. The minimum Gasteiger partial charge on any atom is -0.499 e. The number of hydrogen-bond acceptors (Lipinski definition) is 5. The van der Waals surface area contributed by atoms with Crippen molar-refractivity contribution in [2.24, 2.45) is 0 Å². The quantitative estimate of drug-likeness (QED) is 0.897. The normalized spacial score (nSPS) is 17.9. The van der Waals surface area contributed by atoms with E-state index in [0.717, 1.165) is 28.5 Å². The van der Waals surface area contributed by atoms with Crippen LogP contribution in [-0.4, -0.2) is 33.4 Å². The van der Waals surface area contributed by atoms with Crippen LogP contribution < -0.4 is 9.04 Å². The summed E-state index contributed by atoms with van der Waals surface area (Å²) in [5.74, 6) is 2.42. The topological polar surface area (TPSA) is 80.3 Å². The Hall–Kier alpha value is -2.35. The van der Waals surface area contributed by atoms with Crippen molar-refractivity contribution in [1.82, 2.24) is 15.0 Å². The summed E-state index contributed by atoms with van der Waals surface area (Å²) < 4.78 is 25.3. The van der Waals surface area contributed by atoms with Crippen LogP contribution >= 0.6 is 0 Å². The van der Waals surface area contributed by atoms with Crippen molar-refractivity contribution >= 4 is 16.8 Å². The van der Waals surface area contributed by atoms with Gasteiger partial charge in [-0.3, -0.25) is 4.98 Å². The van der Waals surface area contributed by atoms with Gasteiger partial charge in [0.15, 0.2) is 5.82 Å². The summed E-state index contributed by atoms with van der Waals surface area (Å²) in [6.45, 7) is 3.92. The second-order valence-electron chi connectivity index (χ2n) is 5.47. The molecule has 2 atom stereocenters. The molecule has 128 valence electrons. The average Bonchev–Trinajstić information content (AvgIpc) is 3.07. The molecule has 0 saturated carbocycles. The van der Waals surface area contributed by atoms with Crippen molar-refractivity contribution in [3.63, 3.8) is 0 Å². The van der Waals surface area contributed by atoms with E-state index in [1.165, 1.54) is 0 Å². The van der Waals surface area contributed by atoms with Gasteiger partial charge >= 0.3 is 0 Å². The van der Waals surface area contributed by atoms with Crippen LogP contribution in [0, 0.1) is 6.92 Å². The number of allylic oxidation sites excluding steroid dienone is 1.